The number of hydrogen-bond acceptors (Lipinski definition) is 2. The fourth-order valence-electron chi connectivity index (χ4n) is 3.87. The summed E-state index contributed by atoms with van der Waals surface area (Å²) < 4.78 is 41.8. The third kappa shape index (κ3) is 4.43. The smallest absolute Gasteiger partial charge is 0.347 e. The van der Waals surface area contributed by atoms with Crippen LogP contribution in [-0.4, -0.2) is 21.5 Å². The molecule has 0 saturated heterocycles. The predicted octanol–water partition coefficient (Wildman–Crippen LogP) is 6.00. The number of benzene rings is 1. The Morgan fingerprint density at radius 3 is 2.69 bits per heavy atom. The number of halogens is 4. The van der Waals surface area contributed by atoms with Gasteiger partial charge >= 0.3 is 6.18 Å². The molecule has 1 unspecified atom stereocenters. The molecule has 0 saturated carbocycles. The summed E-state index contributed by atoms with van der Waals surface area (Å²) in [6, 6.07) is 10.2. The lowest BCUT2D eigenvalue weighted by Gasteiger charge is -2.24. The monoisotopic (exact) mass is 459 g/mol. The van der Waals surface area contributed by atoms with Crippen molar-refractivity contribution in [2.75, 3.05) is 0 Å². The molecule has 2 aromatic heterocycles. The summed E-state index contributed by atoms with van der Waals surface area (Å²) in [6.07, 6.45) is 2.64. The Morgan fingerprint density at radius 1 is 1.25 bits per heavy atom. The minimum atomic E-state index is -4.29. The highest BCUT2D eigenvalue weighted by molar-refractivity contribution is 6.30. The number of nitrogens with zero attached hydrogens (tertiary/aromatic N) is 2. The molecule has 32 heavy (non-hydrogen) atoms. The second-order valence-corrected chi connectivity index (χ2v) is 8.03. The summed E-state index contributed by atoms with van der Waals surface area (Å²) in [7, 11) is 0. The van der Waals surface area contributed by atoms with E-state index in [1.165, 1.54) is 12.2 Å². The molecule has 0 bridgehead atoms. The molecule has 1 aliphatic rings. The molecular formula is C24H21ClF3N3O. The maximum Gasteiger partial charge on any atom is 0.396 e. The summed E-state index contributed by atoms with van der Waals surface area (Å²) in [5, 5.41) is 3.41. The number of carbonyl (C=O) groups excluding carboxylic acids is 1. The molecule has 1 amide bonds. The molecule has 0 fully saturated rings. The Morgan fingerprint density at radius 2 is 2.00 bits per heavy atom. The maximum atomic E-state index is 13.4. The molecule has 0 spiro atoms. The molecule has 166 valence electrons. The van der Waals surface area contributed by atoms with E-state index in [0.717, 1.165) is 5.56 Å². The quantitative estimate of drug-likeness (QED) is 0.508. The van der Waals surface area contributed by atoms with Gasteiger partial charge in [0.05, 0.1) is 11.6 Å². The second-order valence-electron chi connectivity index (χ2n) is 7.59. The highest BCUT2D eigenvalue weighted by Gasteiger charge is 2.41. The molecule has 1 aromatic carbocycles. The lowest BCUT2D eigenvalue weighted by molar-refractivity contribution is -0.157. The molecule has 1 aliphatic carbocycles. The highest BCUT2D eigenvalue weighted by atomic mass is 35.5. The van der Waals surface area contributed by atoms with Gasteiger partial charge in [-0.3, -0.25) is 9.20 Å². The van der Waals surface area contributed by atoms with Crippen molar-refractivity contribution in [2.45, 2.75) is 32.5 Å². The van der Waals surface area contributed by atoms with Crippen molar-refractivity contribution in [1.29, 1.82) is 0 Å². The van der Waals surface area contributed by atoms with E-state index in [1.807, 2.05) is 6.92 Å². The topological polar surface area (TPSA) is 46.4 Å². The van der Waals surface area contributed by atoms with Crippen LogP contribution in [0.2, 0.25) is 5.02 Å². The number of hydrogen-bond donors (Lipinski definition) is 1. The first kappa shape index (κ1) is 22.1. The molecule has 4 nitrogen and oxygen atoms in total. The Bertz CT molecular complexity index is 1210. The summed E-state index contributed by atoms with van der Waals surface area (Å²) in [5.41, 5.74) is 3.27. The zero-order valence-corrected chi connectivity index (χ0v) is 18.0. The van der Waals surface area contributed by atoms with E-state index in [1.54, 1.807) is 53.1 Å². The average molecular weight is 460 g/mol. The fraction of sp³-hybridized carbons (Fsp3) is 0.250. The third-order valence-electron chi connectivity index (χ3n) is 5.50. The van der Waals surface area contributed by atoms with E-state index in [2.05, 4.69) is 10.3 Å². The van der Waals surface area contributed by atoms with Crippen LogP contribution in [0.15, 0.2) is 60.8 Å². The second kappa shape index (κ2) is 8.82. The standard InChI is InChI=1S/C24H21ClF3N3O/c1-2-20-22(31-12-11-17(25)13-21(31)30-20)23(32)29-14-15-7-9-16(10-8-15)18-5-3-4-6-19(18)24(26,27)28/h3-5,7-13,19H,2,6,14H2,1H3,(H,29,32). The van der Waals surface area contributed by atoms with E-state index in [0.29, 0.717) is 34.0 Å². The largest absolute Gasteiger partial charge is 0.396 e. The summed E-state index contributed by atoms with van der Waals surface area (Å²) in [6.45, 7) is 2.16. The molecule has 1 N–H and O–H groups in total. The van der Waals surface area contributed by atoms with Gasteiger partial charge in [0.2, 0.25) is 0 Å². The first-order valence-corrected chi connectivity index (χ1v) is 10.6. The molecule has 8 heteroatoms. The summed E-state index contributed by atoms with van der Waals surface area (Å²) in [4.78, 5) is 17.4. The van der Waals surface area contributed by atoms with Crippen molar-refractivity contribution < 1.29 is 18.0 Å². The lowest BCUT2D eigenvalue weighted by Crippen LogP contribution is -2.25. The number of nitrogens with one attached hydrogen (secondary N) is 1. The third-order valence-corrected chi connectivity index (χ3v) is 5.74. The first-order valence-electron chi connectivity index (χ1n) is 10.3. The fourth-order valence-corrected chi connectivity index (χ4v) is 4.03. The van der Waals surface area contributed by atoms with Crippen LogP contribution in [0.4, 0.5) is 13.2 Å². The van der Waals surface area contributed by atoms with Crippen molar-refractivity contribution in [1.82, 2.24) is 14.7 Å². The van der Waals surface area contributed by atoms with Gasteiger partial charge in [-0.15, -0.1) is 0 Å². The van der Waals surface area contributed by atoms with E-state index < -0.39 is 12.1 Å². The zero-order chi connectivity index (χ0) is 22.9. The average Bonchev–Trinajstić information content (AvgIpc) is 3.15. The van der Waals surface area contributed by atoms with Gasteiger partial charge in [0.1, 0.15) is 11.3 Å². The highest BCUT2D eigenvalue weighted by Crippen LogP contribution is 2.41. The van der Waals surface area contributed by atoms with Crippen LogP contribution < -0.4 is 5.32 Å². The van der Waals surface area contributed by atoms with Crippen LogP contribution in [-0.2, 0) is 13.0 Å². The molecular weight excluding hydrogens is 439 g/mol. The van der Waals surface area contributed by atoms with Gasteiger partial charge in [-0.1, -0.05) is 61.0 Å². The summed E-state index contributed by atoms with van der Waals surface area (Å²) >= 11 is 6.02. The normalized spacial score (nSPS) is 16.3. The van der Waals surface area contributed by atoms with Crippen LogP contribution in [0.5, 0.6) is 0 Å². The van der Waals surface area contributed by atoms with Crippen LogP contribution in [0.1, 0.15) is 40.7 Å². The maximum absolute atomic E-state index is 13.4. The lowest BCUT2D eigenvalue weighted by atomic mass is 9.86. The van der Waals surface area contributed by atoms with Gasteiger partial charge in [-0.05, 0) is 35.6 Å². The number of rotatable bonds is 5. The van der Waals surface area contributed by atoms with Crippen molar-refractivity contribution in [3.05, 3.63) is 88.4 Å². The SMILES string of the molecule is CCc1nc2cc(Cl)ccn2c1C(=O)NCc1ccc(C2=CC=CCC2C(F)(F)F)cc1. The number of aromatic nitrogens is 2. The Balaban J connectivity index is 1.50. The van der Waals surface area contributed by atoms with Gasteiger partial charge in [0, 0.05) is 23.8 Å². The Labute approximate surface area is 188 Å². The van der Waals surface area contributed by atoms with Crippen LogP contribution in [0.3, 0.4) is 0 Å². The number of amides is 1. The minimum Gasteiger partial charge on any atom is -0.347 e. The number of carbonyl (C=O) groups is 1. The van der Waals surface area contributed by atoms with Gasteiger partial charge in [0.25, 0.3) is 5.91 Å². The number of aryl methyl sites for hydroxylation is 1. The van der Waals surface area contributed by atoms with E-state index in [4.69, 9.17) is 11.6 Å². The van der Waals surface area contributed by atoms with Gasteiger partial charge < -0.3 is 5.32 Å². The number of alkyl halides is 3. The molecule has 3 aromatic rings. The molecule has 0 radical (unpaired) electrons. The van der Waals surface area contributed by atoms with Gasteiger partial charge in [-0.2, -0.15) is 13.2 Å². The van der Waals surface area contributed by atoms with Crippen molar-refractivity contribution in [3.8, 4) is 0 Å². The Kier molecular flexibility index (Phi) is 6.11. The van der Waals surface area contributed by atoms with E-state index in [9.17, 15) is 18.0 Å². The van der Waals surface area contributed by atoms with Crippen molar-refractivity contribution in [2.24, 2.45) is 5.92 Å². The number of fused-ring (bicyclic) bond motifs is 1. The van der Waals surface area contributed by atoms with E-state index in [-0.39, 0.29) is 24.4 Å². The van der Waals surface area contributed by atoms with Crippen LogP contribution >= 0.6 is 11.6 Å². The molecule has 1 atom stereocenters. The van der Waals surface area contributed by atoms with Gasteiger partial charge in [0.15, 0.2) is 0 Å². The van der Waals surface area contributed by atoms with Crippen molar-refractivity contribution >= 4 is 28.7 Å². The van der Waals surface area contributed by atoms with Crippen LogP contribution in [0, 0.1) is 5.92 Å². The van der Waals surface area contributed by atoms with Crippen LogP contribution in [0.25, 0.3) is 11.2 Å². The zero-order valence-electron chi connectivity index (χ0n) is 17.3. The minimum absolute atomic E-state index is 0.0581. The number of allylic oxidation sites excluding steroid dienone is 4. The number of imidazole rings is 1. The predicted molar refractivity (Wildman–Crippen MR) is 118 cm³/mol. The summed E-state index contributed by atoms with van der Waals surface area (Å²) in [5.74, 6) is -1.79. The molecule has 0 aliphatic heterocycles. The van der Waals surface area contributed by atoms with Crippen molar-refractivity contribution in [3.63, 3.8) is 0 Å². The van der Waals surface area contributed by atoms with E-state index >= 15 is 0 Å². The first-order chi connectivity index (χ1) is 15.3. The molecule has 4 rings (SSSR count). The van der Waals surface area contributed by atoms with Gasteiger partial charge in [-0.25, -0.2) is 4.98 Å². The number of pyridine rings is 1. The Hall–Kier alpha value is -3.06. The molecule has 2 heterocycles.